The third-order valence-electron chi connectivity index (χ3n) is 3.26. The standard InChI is InChI=1S/C16H12BrF4NO2/c1-8-2-4-11(9(6-8)7-13(23)24)22-12-5-3-10(16(19,20)21)15(18)14(12)17/h2-6,22H,7H2,1H3,(H,23,24). The van der Waals surface area contributed by atoms with E-state index in [2.05, 4.69) is 21.2 Å². The van der Waals surface area contributed by atoms with Crippen LogP contribution in [0.15, 0.2) is 34.8 Å². The number of anilines is 2. The average molecular weight is 406 g/mol. The topological polar surface area (TPSA) is 49.3 Å². The predicted octanol–water partition coefficient (Wildman–Crippen LogP) is 5.29. The molecule has 0 aliphatic rings. The molecule has 0 saturated heterocycles. The maximum absolute atomic E-state index is 13.9. The monoisotopic (exact) mass is 405 g/mol. The predicted molar refractivity (Wildman–Crippen MR) is 84.9 cm³/mol. The molecule has 0 heterocycles. The molecule has 2 aromatic carbocycles. The number of carboxylic acid groups (broad SMARTS) is 1. The second kappa shape index (κ2) is 6.80. The van der Waals surface area contributed by atoms with E-state index in [0.29, 0.717) is 17.3 Å². The largest absolute Gasteiger partial charge is 0.481 e. The fourth-order valence-corrected chi connectivity index (χ4v) is 2.61. The van der Waals surface area contributed by atoms with Gasteiger partial charge in [0.15, 0.2) is 5.82 Å². The van der Waals surface area contributed by atoms with E-state index < -0.39 is 23.5 Å². The van der Waals surface area contributed by atoms with Crippen molar-refractivity contribution in [1.82, 2.24) is 0 Å². The van der Waals surface area contributed by atoms with Gasteiger partial charge in [-0.2, -0.15) is 13.2 Å². The average Bonchev–Trinajstić information content (AvgIpc) is 2.44. The Morgan fingerprint density at radius 2 is 1.83 bits per heavy atom. The molecule has 0 fully saturated rings. The number of halogens is 5. The van der Waals surface area contributed by atoms with E-state index in [1.165, 1.54) is 0 Å². The summed E-state index contributed by atoms with van der Waals surface area (Å²) in [4.78, 5) is 10.9. The lowest BCUT2D eigenvalue weighted by molar-refractivity contribution is -0.140. The van der Waals surface area contributed by atoms with Crippen LogP contribution in [0.1, 0.15) is 16.7 Å². The van der Waals surface area contributed by atoms with Crippen LogP contribution in [0.2, 0.25) is 0 Å². The molecule has 2 N–H and O–H groups in total. The highest BCUT2D eigenvalue weighted by Gasteiger charge is 2.35. The van der Waals surface area contributed by atoms with Gasteiger partial charge < -0.3 is 10.4 Å². The molecule has 2 aromatic rings. The fourth-order valence-electron chi connectivity index (χ4n) is 2.16. The van der Waals surface area contributed by atoms with Crippen molar-refractivity contribution >= 4 is 33.3 Å². The number of nitrogens with one attached hydrogen (secondary N) is 1. The molecule has 128 valence electrons. The number of rotatable bonds is 4. The lowest BCUT2D eigenvalue weighted by Gasteiger charge is -2.16. The van der Waals surface area contributed by atoms with Gasteiger partial charge in [0.05, 0.1) is 22.1 Å². The molecule has 0 radical (unpaired) electrons. The first-order valence-electron chi connectivity index (χ1n) is 6.73. The second-order valence-corrected chi connectivity index (χ2v) is 5.94. The Morgan fingerprint density at radius 1 is 1.21 bits per heavy atom. The third-order valence-corrected chi connectivity index (χ3v) is 4.03. The fraction of sp³-hybridized carbons (Fsp3) is 0.188. The van der Waals surface area contributed by atoms with Crippen LogP contribution in [-0.2, 0) is 17.4 Å². The van der Waals surface area contributed by atoms with Crippen LogP contribution in [0.3, 0.4) is 0 Å². The third kappa shape index (κ3) is 4.05. The van der Waals surface area contributed by atoms with Crippen LogP contribution in [0.4, 0.5) is 28.9 Å². The first-order valence-corrected chi connectivity index (χ1v) is 7.52. The molecule has 0 aliphatic heterocycles. The number of carbonyl (C=O) groups is 1. The van der Waals surface area contributed by atoms with Gasteiger partial charge in [-0.3, -0.25) is 4.79 Å². The van der Waals surface area contributed by atoms with Crippen molar-refractivity contribution in [3.8, 4) is 0 Å². The minimum absolute atomic E-state index is 0.0657. The number of hydrogen-bond acceptors (Lipinski definition) is 2. The summed E-state index contributed by atoms with van der Waals surface area (Å²) in [5, 5.41) is 11.7. The summed E-state index contributed by atoms with van der Waals surface area (Å²) in [6.07, 6.45) is -5.08. The van der Waals surface area contributed by atoms with Crippen LogP contribution in [0.25, 0.3) is 0 Å². The van der Waals surface area contributed by atoms with Crippen LogP contribution in [0.5, 0.6) is 0 Å². The lowest BCUT2D eigenvalue weighted by Crippen LogP contribution is -2.10. The molecule has 0 bridgehead atoms. The van der Waals surface area contributed by atoms with Crippen molar-refractivity contribution in [2.75, 3.05) is 5.32 Å². The molecule has 0 aromatic heterocycles. The Morgan fingerprint density at radius 3 is 2.42 bits per heavy atom. The van der Waals surface area contributed by atoms with Crippen molar-refractivity contribution in [3.63, 3.8) is 0 Å². The molecule has 8 heteroatoms. The van der Waals surface area contributed by atoms with Gasteiger partial charge in [0.25, 0.3) is 0 Å². The van der Waals surface area contributed by atoms with Gasteiger partial charge in [0, 0.05) is 5.69 Å². The zero-order valence-electron chi connectivity index (χ0n) is 12.3. The minimum atomic E-state index is -4.80. The number of aryl methyl sites for hydroxylation is 1. The number of benzene rings is 2. The Hall–Kier alpha value is -2.09. The highest BCUT2D eigenvalue weighted by atomic mass is 79.9. The first-order chi connectivity index (χ1) is 11.1. The number of alkyl halides is 3. The van der Waals surface area contributed by atoms with Crippen molar-refractivity contribution in [2.24, 2.45) is 0 Å². The minimum Gasteiger partial charge on any atom is -0.481 e. The van der Waals surface area contributed by atoms with Crippen LogP contribution < -0.4 is 5.32 Å². The number of aliphatic carboxylic acids is 1. The number of carboxylic acids is 1. The highest BCUT2D eigenvalue weighted by Crippen LogP contribution is 2.38. The van der Waals surface area contributed by atoms with Crippen LogP contribution in [0, 0.1) is 12.7 Å². The molecular formula is C16H12BrF4NO2. The van der Waals surface area contributed by atoms with Crippen LogP contribution in [-0.4, -0.2) is 11.1 Å². The molecule has 0 unspecified atom stereocenters. The first kappa shape index (κ1) is 18.3. The quantitative estimate of drug-likeness (QED) is 0.679. The van der Waals surface area contributed by atoms with Gasteiger partial charge in [-0.05, 0) is 46.6 Å². The summed E-state index contributed by atoms with van der Waals surface area (Å²) in [5.41, 5.74) is 0.331. The molecule has 24 heavy (non-hydrogen) atoms. The molecule has 0 aliphatic carbocycles. The van der Waals surface area contributed by atoms with Gasteiger partial charge in [0.2, 0.25) is 0 Å². The molecule has 2 rings (SSSR count). The molecule has 3 nitrogen and oxygen atoms in total. The van der Waals surface area contributed by atoms with E-state index in [9.17, 15) is 22.4 Å². The lowest BCUT2D eigenvalue weighted by atomic mass is 10.1. The highest BCUT2D eigenvalue weighted by molar-refractivity contribution is 9.10. The van der Waals surface area contributed by atoms with E-state index in [-0.39, 0.29) is 16.6 Å². The molecule has 0 amide bonds. The zero-order valence-corrected chi connectivity index (χ0v) is 13.9. The summed E-state index contributed by atoms with van der Waals surface area (Å²) in [5.74, 6) is -2.49. The Kier molecular flexibility index (Phi) is 5.17. The Labute approximate surface area is 143 Å². The summed E-state index contributed by atoms with van der Waals surface area (Å²) >= 11 is 2.82. The molecule has 0 saturated carbocycles. The maximum atomic E-state index is 13.9. The van der Waals surface area contributed by atoms with Gasteiger partial charge in [-0.25, -0.2) is 4.39 Å². The molecule has 0 atom stereocenters. The summed E-state index contributed by atoms with van der Waals surface area (Å²) in [6, 6.07) is 6.66. The smallest absolute Gasteiger partial charge is 0.419 e. The summed E-state index contributed by atoms with van der Waals surface area (Å²) < 4.78 is 51.6. The van der Waals surface area contributed by atoms with Gasteiger partial charge in [0.1, 0.15) is 0 Å². The van der Waals surface area contributed by atoms with E-state index in [0.717, 1.165) is 11.6 Å². The Balaban J connectivity index is 2.42. The van der Waals surface area contributed by atoms with Crippen LogP contribution >= 0.6 is 15.9 Å². The van der Waals surface area contributed by atoms with E-state index in [1.54, 1.807) is 25.1 Å². The maximum Gasteiger partial charge on any atom is 0.419 e. The number of hydrogen-bond donors (Lipinski definition) is 2. The summed E-state index contributed by atoms with van der Waals surface area (Å²) in [7, 11) is 0. The van der Waals surface area contributed by atoms with Crippen molar-refractivity contribution in [1.29, 1.82) is 0 Å². The Bertz CT molecular complexity index is 790. The summed E-state index contributed by atoms with van der Waals surface area (Å²) in [6.45, 7) is 1.78. The normalized spacial score (nSPS) is 11.4. The second-order valence-electron chi connectivity index (χ2n) is 5.14. The SMILES string of the molecule is Cc1ccc(Nc2ccc(C(F)(F)F)c(F)c2Br)c(CC(=O)O)c1. The molecular weight excluding hydrogens is 394 g/mol. The van der Waals surface area contributed by atoms with Crippen molar-refractivity contribution < 1.29 is 27.5 Å². The van der Waals surface area contributed by atoms with E-state index in [1.807, 2.05) is 0 Å². The van der Waals surface area contributed by atoms with E-state index >= 15 is 0 Å². The van der Waals surface area contributed by atoms with Gasteiger partial charge in [-0.15, -0.1) is 0 Å². The van der Waals surface area contributed by atoms with E-state index in [4.69, 9.17) is 5.11 Å². The van der Waals surface area contributed by atoms with Crippen molar-refractivity contribution in [2.45, 2.75) is 19.5 Å². The van der Waals surface area contributed by atoms with Gasteiger partial charge >= 0.3 is 12.1 Å². The zero-order chi connectivity index (χ0) is 18.1. The van der Waals surface area contributed by atoms with Gasteiger partial charge in [-0.1, -0.05) is 17.7 Å². The molecule has 0 spiro atoms. The van der Waals surface area contributed by atoms with Crippen molar-refractivity contribution in [3.05, 3.63) is 57.3 Å².